The molecule has 0 fully saturated rings. The second-order valence-corrected chi connectivity index (χ2v) is 2.99. The molecular formula is C11H11N3O3. The summed E-state index contributed by atoms with van der Waals surface area (Å²) in [5, 5.41) is 25.2. The first-order valence-electron chi connectivity index (χ1n) is 4.94. The number of para-hydroxylation sites is 1. The molecule has 0 radical (unpaired) electrons. The standard InChI is InChI=1S/C11H11N3O3/c1-2-17-11(16)9(7-12)14-13-8-5-3-4-6-10(8)15/h3-6,9,15H,2H2,1H3. The lowest BCUT2D eigenvalue weighted by Crippen LogP contribution is -2.19. The van der Waals surface area contributed by atoms with Crippen LogP contribution in [-0.2, 0) is 9.53 Å². The van der Waals surface area contributed by atoms with Crippen LogP contribution in [0.3, 0.4) is 0 Å². The van der Waals surface area contributed by atoms with Gasteiger partial charge in [-0.15, -0.1) is 0 Å². The van der Waals surface area contributed by atoms with E-state index in [-0.39, 0.29) is 18.0 Å². The van der Waals surface area contributed by atoms with Gasteiger partial charge in [0.2, 0.25) is 0 Å². The van der Waals surface area contributed by atoms with E-state index in [4.69, 9.17) is 5.26 Å². The number of benzene rings is 1. The molecule has 0 aliphatic carbocycles. The number of nitrogens with zero attached hydrogens (tertiary/aromatic N) is 3. The normalized spacial score (nSPS) is 12.0. The molecule has 0 spiro atoms. The van der Waals surface area contributed by atoms with Crippen molar-refractivity contribution in [2.45, 2.75) is 13.0 Å². The maximum atomic E-state index is 11.2. The van der Waals surface area contributed by atoms with Crippen molar-refractivity contribution in [2.75, 3.05) is 6.61 Å². The second-order valence-electron chi connectivity index (χ2n) is 2.99. The molecule has 1 aromatic rings. The van der Waals surface area contributed by atoms with Gasteiger partial charge in [0.25, 0.3) is 6.04 Å². The number of aromatic hydroxyl groups is 1. The molecule has 88 valence electrons. The average molecular weight is 233 g/mol. The van der Waals surface area contributed by atoms with Crippen LogP contribution in [0, 0.1) is 11.3 Å². The van der Waals surface area contributed by atoms with Crippen LogP contribution in [0.25, 0.3) is 0 Å². The molecule has 1 atom stereocenters. The lowest BCUT2D eigenvalue weighted by Gasteiger charge is -2.02. The van der Waals surface area contributed by atoms with Gasteiger partial charge in [-0.3, -0.25) is 0 Å². The molecule has 1 unspecified atom stereocenters. The molecule has 0 amide bonds. The number of nitriles is 1. The quantitative estimate of drug-likeness (QED) is 0.634. The van der Waals surface area contributed by atoms with E-state index in [0.29, 0.717) is 0 Å². The number of phenols is 1. The summed E-state index contributed by atoms with van der Waals surface area (Å²) in [6, 6.07) is 6.57. The lowest BCUT2D eigenvalue weighted by molar-refractivity contribution is -0.143. The largest absolute Gasteiger partial charge is 0.506 e. The molecule has 0 aliphatic heterocycles. The smallest absolute Gasteiger partial charge is 0.347 e. The van der Waals surface area contributed by atoms with E-state index in [2.05, 4.69) is 15.0 Å². The van der Waals surface area contributed by atoms with Crippen molar-refractivity contribution >= 4 is 11.7 Å². The first kappa shape index (κ1) is 12.6. The summed E-state index contributed by atoms with van der Waals surface area (Å²) in [6.45, 7) is 1.80. The van der Waals surface area contributed by atoms with E-state index < -0.39 is 12.0 Å². The van der Waals surface area contributed by atoms with Gasteiger partial charge in [-0.05, 0) is 19.1 Å². The highest BCUT2D eigenvalue weighted by Crippen LogP contribution is 2.25. The molecule has 0 aliphatic rings. The Kier molecular flexibility index (Phi) is 4.63. The number of carbonyl (C=O) groups excluding carboxylic acids is 1. The van der Waals surface area contributed by atoms with Gasteiger partial charge in [-0.2, -0.15) is 15.5 Å². The fourth-order valence-electron chi connectivity index (χ4n) is 1.02. The number of rotatable bonds is 4. The number of esters is 1. The van der Waals surface area contributed by atoms with E-state index >= 15 is 0 Å². The third kappa shape index (κ3) is 3.57. The van der Waals surface area contributed by atoms with Gasteiger partial charge in [-0.1, -0.05) is 12.1 Å². The molecule has 6 heteroatoms. The van der Waals surface area contributed by atoms with Gasteiger partial charge < -0.3 is 9.84 Å². The van der Waals surface area contributed by atoms with Gasteiger partial charge in [-0.25, -0.2) is 4.79 Å². The van der Waals surface area contributed by atoms with Crippen LogP contribution >= 0.6 is 0 Å². The summed E-state index contributed by atoms with van der Waals surface area (Å²) in [6.07, 6.45) is 0. The molecular weight excluding hydrogens is 222 g/mol. The molecule has 1 N–H and O–H groups in total. The summed E-state index contributed by atoms with van der Waals surface area (Å²) in [7, 11) is 0. The Balaban J connectivity index is 2.79. The van der Waals surface area contributed by atoms with Crippen molar-refractivity contribution in [2.24, 2.45) is 10.2 Å². The first-order chi connectivity index (χ1) is 8.19. The Morgan fingerprint density at radius 1 is 1.59 bits per heavy atom. The number of carbonyl (C=O) groups is 1. The molecule has 0 aromatic heterocycles. The third-order valence-corrected chi connectivity index (χ3v) is 1.79. The second kappa shape index (κ2) is 6.23. The van der Waals surface area contributed by atoms with Crippen LogP contribution < -0.4 is 0 Å². The Morgan fingerprint density at radius 3 is 2.88 bits per heavy atom. The van der Waals surface area contributed by atoms with Gasteiger partial charge >= 0.3 is 5.97 Å². The van der Waals surface area contributed by atoms with Crippen molar-refractivity contribution in [1.29, 1.82) is 5.26 Å². The number of hydrogen-bond acceptors (Lipinski definition) is 6. The van der Waals surface area contributed by atoms with Gasteiger partial charge in [0, 0.05) is 0 Å². The van der Waals surface area contributed by atoms with Crippen molar-refractivity contribution in [3.8, 4) is 11.8 Å². The molecule has 6 nitrogen and oxygen atoms in total. The SMILES string of the molecule is CCOC(=O)C(C#N)N=Nc1ccccc1O. The molecule has 17 heavy (non-hydrogen) atoms. The Morgan fingerprint density at radius 2 is 2.29 bits per heavy atom. The van der Waals surface area contributed by atoms with Gasteiger partial charge in [0.1, 0.15) is 17.5 Å². The minimum atomic E-state index is -1.31. The van der Waals surface area contributed by atoms with Crippen LogP contribution in [0.15, 0.2) is 34.5 Å². The predicted octanol–water partition coefficient (Wildman–Crippen LogP) is 1.93. The van der Waals surface area contributed by atoms with Gasteiger partial charge in [0.15, 0.2) is 0 Å². The van der Waals surface area contributed by atoms with Crippen molar-refractivity contribution in [3.63, 3.8) is 0 Å². The fraction of sp³-hybridized carbons (Fsp3) is 0.273. The van der Waals surface area contributed by atoms with E-state index in [9.17, 15) is 9.90 Å². The van der Waals surface area contributed by atoms with Crippen LogP contribution in [0.4, 0.5) is 5.69 Å². The van der Waals surface area contributed by atoms with E-state index in [1.807, 2.05) is 0 Å². The zero-order chi connectivity index (χ0) is 12.7. The third-order valence-electron chi connectivity index (χ3n) is 1.79. The minimum absolute atomic E-state index is 0.0724. The summed E-state index contributed by atoms with van der Waals surface area (Å²) in [5.74, 6) is -0.828. The van der Waals surface area contributed by atoms with Crippen molar-refractivity contribution < 1.29 is 14.6 Å². The van der Waals surface area contributed by atoms with Crippen LogP contribution in [0.1, 0.15) is 6.92 Å². The Hall–Kier alpha value is -2.42. The summed E-state index contributed by atoms with van der Waals surface area (Å²) in [5.41, 5.74) is 0.192. The molecule has 0 bridgehead atoms. The Bertz CT molecular complexity index is 465. The topological polar surface area (TPSA) is 95.0 Å². The summed E-state index contributed by atoms with van der Waals surface area (Å²) >= 11 is 0. The highest BCUT2D eigenvalue weighted by atomic mass is 16.5. The summed E-state index contributed by atoms with van der Waals surface area (Å²) < 4.78 is 4.64. The van der Waals surface area contributed by atoms with Gasteiger partial charge in [0.05, 0.1) is 6.61 Å². The maximum Gasteiger partial charge on any atom is 0.347 e. The highest BCUT2D eigenvalue weighted by Gasteiger charge is 2.18. The monoisotopic (exact) mass is 233 g/mol. The molecule has 1 rings (SSSR count). The molecule has 0 saturated heterocycles. The maximum absolute atomic E-state index is 11.2. The van der Waals surface area contributed by atoms with E-state index in [0.717, 1.165) is 0 Å². The average Bonchev–Trinajstić information content (AvgIpc) is 2.32. The number of phenolic OH excluding ortho intramolecular Hbond substituents is 1. The van der Waals surface area contributed by atoms with Crippen LogP contribution in [0.2, 0.25) is 0 Å². The van der Waals surface area contributed by atoms with E-state index in [1.54, 1.807) is 25.1 Å². The fourth-order valence-corrected chi connectivity index (χ4v) is 1.02. The number of hydrogen-bond donors (Lipinski definition) is 1. The zero-order valence-corrected chi connectivity index (χ0v) is 9.20. The first-order valence-corrected chi connectivity index (χ1v) is 4.94. The minimum Gasteiger partial charge on any atom is -0.506 e. The van der Waals surface area contributed by atoms with Crippen molar-refractivity contribution in [1.82, 2.24) is 0 Å². The lowest BCUT2D eigenvalue weighted by atomic mass is 10.3. The molecule has 0 heterocycles. The highest BCUT2D eigenvalue weighted by molar-refractivity contribution is 5.79. The molecule has 1 aromatic carbocycles. The Labute approximate surface area is 98.2 Å². The number of ether oxygens (including phenoxy) is 1. The van der Waals surface area contributed by atoms with Crippen LogP contribution in [0.5, 0.6) is 5.75 Å². The predicted molar refractivity (Wildman–Crippen MR) is 58.7 cm³/mol. The van der Waals surface area contributed by atoms with Crippen LogP contribution in [-0.4, -0.2) is 23.7 Å². The number of azo groups is 1. The summed E-state index contributed by atoms with van der Waals surface area (Å²) in [4.78, 5) is 11.2. The van der Waals surface area contributed by atoms with E-state index in [1.165, 1.54) is 12.1 Å². The molecule has 0 saturated carbocycles. The van der Waals surface area contributed by atoms with Crippen molar-refractivity contribution in [3.05, 3.63) is 24.3 Å². The zero-order valence-electron chi connectivity index (χ0n) is 9.20.